The van der Waals surface area contributed by atoms with Crippen LogP contribution in [0.5, 0.6) is 5.88 Å². The smallest absolute Gasteiger partial charge is 0.334 e. The molecule has 1 aromatic carbocycles. The lowest BCUT2D eigenvalue weighted by molar-refractivity contribution is 0.0948. The van der Waals surface area contributed by atoms with E-state index >= 15 is 0 Å². The Labute approximate surface area is 164 Å². The van der Waals surface area contributed by atoms with Gasteiger partial charge in [-0.05, 0) is 37.3 Å². The molecule has 0 radical (unpaired) electrons. The van der Waals surface area contributed by atoms with Crippen LogP contribution in [-0.4, -0.2) is 26.7 Å². The van der Waals surface area contributed by atoms with E-state index in [1.54, 1.807) is 20.8 Å². The molecule has 152 valence electrons. The molecule has 1 heterocycles. The largest absolute Gasteiger partial charge is 0.494 e. The molecule has 0 unspecified atom stereocenters. The second-order valence-electron chi connectivity index (χ2n) is 8.14. The average molecular weight is 387 g/mol. The molecule has 0 atom stereocenters. The van der Waals surface area contributed by atoms with E-state index in [0.717, 1.165) is 20.3 Å². The van der Waals surface area contributed by atoms with Crippen LogP contribution in [0.3, 0.4) is 0 Å². The minimum Gasteiger partial charge on any atom is -0.494 e. The highest BCUT2D eigenvalue weighted by Gasteiger charge is 2.25. The van der Waals surface area contributed by atoms with Crippen LogP contribution in [-0.2, 0) is 12.0 Å². The first-order valence-corrected chi connectivity index (χ1v) is 9.45. The highest BCUT2D eigenvalue weighted by Crippen LogP contribution is 2.23. The van der Waals surface area contributed by atoms with Crippen molar-refractivity contribution in [2.45, 2.75) is 59.5 Å². The lowest BCUT2D eigenvalue weighted by Crippen LogP contribution is -2.45. The fraction of sp³-hybridized carbons (Fsp3) is 0.476. The summed E-state index contributed by atoms with van der Waals surface area (Å²) in [6, 6.07) is 7.25. The fourth-order valence-corrected chi connectivity index (χ4v) is 3.00. The maximum Gasteiger partial charge on any atom is 0.334 e. The van der Waals surface area contributed by atoms with Gasteiger partial charge in [-0.3, -0.25) is 18.7 Å². The monoisotopic (exact) mass is 387 g/mol. The van der Waals surface area contributed by atoms with Gasteiger partial charge >= 0.3 is 5.69 Å². The molecule has 0 aliphatic rings. The van der Waals surface area contributed by atoms with Gasteiger partial charge in [0, 0.05) is 12.6 Å². The molecule has 0 saturated carbocycles. The molecular weight excluding hydrogens is 358 g/mol. The van der Waals surface area contributed by atoms with E-state index in [9.17, 15) is 19.5 Å². The van der Waals surface area contributed by atoms with Crippen molar-refractivity contribution in [2.75, 3.05) is 6.54 Å². The first-order valence-electron chi connectivity index (χ1n) is 9.45. The normalized spacial score (nSPS) is 11.7. The lowest BCUT2D eigenvalue weighted by atomic mass is 9.87. The Hall–Kier alpha value is -2.83. The number of hydrogen-bond acceptors (Lipinski definition) is 4. The van der Waals surface area contributed by atoms with Crippen molar-refractivity contribution in [2.24, 2.45) is 0 Å². The number of hydrogen-bond donors (Lipinski definition) is 2. The van der Waals surface area contributed by atoms with Gasteiger partial charge in [-0.2, -0.15) is 0 Å². The molecule has 0 bridgehead atoms. The first-order chi connectivity index (χ1) is 13.0. The molecule has 1 amide bonds. The SMILES string of the molecule is CCNC(=O)c1c(O)n(Cc2ccc(C(C)(C)C)cc2)c(=O)n(C(C)C)c1=O. The average Bonchev–Trinajstić information content (AvgIpc) is 2.58. The van der Waals surface area contributed by atoms with E-state index in [2.05, 4.69) is 26.1 Å². The standard InChI is InChI=1S/C21H29N3O4/c1-7-22-17(25)16-18(26)23(20(28)24(13(2)3)19(16)27)12-14-8-10-15(11-9-14)21(4,5)6/h8-11,13,26H,7,12H2,1-6H3,(H,22,25). The van der Waals surface area contributed by atoms with Gasteiger partial charge in [0.1, 0.15) is 0 Å². The molecular formula is C21H29N3O4. The summed E-state index contributed by atoms with van der Waals surface area (Å²) in [4.78, 5) is 37.8. The van der Waals surface area contributed by atoms with Crippen molar-refractivity contribution in [1.82, 2.24) is 14.5 Å². The number of rotatable bonds is 5. The fourth-order valence-electron chi connectivity index (χ4n) is 3.00. The maximum absolute atomic E-state index is 12.8. The number of carbonyl (C=O) groups is 1. The van der Waals surface area contributed by atoms with Crippen LogP contribution >= 0.6 is 0 Å². The topological polar surface area (TPSA) is 93.3 Å². The number of nitrogens with one attached hydrogen (secondary N) is 1. The van der Waals surface area contributed by atoms with Crippen molar-refractivity contribution in [1.29, 1.82) is 0 Å². The van der Waals surface area contributed by atoms with E-state index in [1.807, 2.05) is 24.3 Å². The molecule has 2 N–H and O–H groups in total. The zero-order valence-corrected chi connectivity index (χ0v) is 17.4. The highest BCUT2D eigenvalue weighted by molar-refractivity contribution is 5.95. The molecule has 0 spiro atoms. The van der Waals surface area contributed by atoms with Gasteiger partial charge in [0.25, 0.3) is 11.5 Å². The van der Waals surface area contributed by atoms with Gasteiger partial charge in [-0.1, -0.05) is 45.0 Å². The van der Waals surface area contributed by atoms with Crippen molar-refractivity contribution in [3.63, 3.8) is 0 Å². The predicted octanol–water partition coefficient (Wildman–Crippen LogP) is 2.39. The summed E-state index contributed by atoms with van der Waals surface area (Å²) >= 11 is 0. The first kappa shape index (κ1) is 21.5. The van der Waals surface area contributed by atoms with Crippen LogP contribution in [0.1, 0.15) is 69.1 Å². The third kappa shape index (κ3) is 4.18. The van der Waals surface area contributed by atoms with Gasteiger partial charge in [-0.25, -0.2) is 4.79 Å². The summed E-state index contributed by atoms with van der Waals surface area (Å²) in [5, 5.41) is 13.1. The summed E-state index contributed by atoms with van der Waals surface area (Å²) in [7, 11) is 0. The minimum atomic E-state index is -0.789. The Kier molecular flexibility index (Phi) is 6.17. The number of aromatic hydroxyl groups is 1. The Morgan fingerprint density at radius 2 is 1.71 bits per heavy atom. The molecule has 2 rings (SSSR count). The Balaban J connectivity index is 2.62. The van der Waals surface area contributed by atoms with Crippen molar-refractivity contribution < 1.29 is 9.90 Å². The van der Waals surface area contributed by atoms with E-state index in [1.165, 1.54) is 0 Å². The van der Waals surface area contributed by atoms with E-state index in [-0.39, 0.29) is 12.0 Å². The molecule has 1 aromatic heterocycles. The van der Waals surface area contributed by atoms with Crippen molar-refractivity contribution in [3.8, 4) is 5.88 Å². The van der Waals surface area contributed by atoms with Crippen LogP contribution in [0.4, 0.5) is 0 Å². The minimum absolute atomic E-state index is 0.00616. The van der Waals surface area contributed by atoms with Gasteiger partial charge in [0.05, 0.1) is 6.54 Å². The second-order valence-corrected chi connectivity index (χ2v) is 8.14. The molecule has 0 saturated heterocycles. The summed E-state index contributed by atoms with van der Waals surface area (Å²) in [5.74, 6) is -1.31. The second kappa shape index (κ2) is 8.04. The van der Waals surface area contributed by atoms with Crippen LogP contribution in [0.15, 0.2) is 33.9 Å². The Morgan fingerprint density at radius 1 is 1.14 bits per heavy atom. The lowest BCUT2D eigenvalue weighted by Gasteiger charge is -2.20. The third-order valence-electron chi connectivity index (χ3n) is 4.59. The predicted molar refractivity (Wildman–Crippen MR) is 109 cm³/mol. The van der Waals surface area contributed by atoms with Gasteiger partial charge < -0.3 is 10.4 Å². The zero-order chi connectivity index (χ0) is 21.2. The summed E-state index contributed by atoms with van der Waals surface area (Å²) in [6.45, 7) is 11.7. The van der Waals surface area contributed by atoms with Gasteiger partial charge in [0.2, 0.25) is 5.88 Å². The highest BCUT2D eigenvalue weighted by atomic mass is 16.3. The molecule has 0 aliphatic carbocycles. The molecule has 7 nitrogen and oxygen atoms in total. The molecule has 28 heavy (non-hydrogen) atoms. The number of benzene rings is 1. The number of amides is 1. The molecule has 7 heteroatoms. The Bertz CT molecular complexity index is 977. The van der Waals surface area contributed by atoms with Crippen molar-refractivity contribution in [3.05, 3.63) is 61.8 Å². The van der Waals surface area contributed by atoms with Crippen LogP contribution in [0.25, 0.3) is 0 Å². The van der Waals surface area contributed by atoms with E-state index < -0.39 is 34.6 Å². The quantitative estimate of drug-likeness (QED) is 0.824. The third-order valence-corrected chi connectivity index (χ3v) is 4.59. The van der Waals surface area contributed by atoms with Crippen LogP contribution in [0.2, 0.25) is 0 Å². The van der Waals surface area contributed by atoms with Crippen LogP contribution in [0, 0.1) is 0 Å². The number of nitrogens with zero attached hydrogens (tertiary/aromatic N) is 2. The van der Waals surface area contributed by atoms with Crippen molar-refractivity contribution >= 4 is 5.91 Å². The van der Waals surface area contributed by atoms with Gasteiger partial charge in [0.15, 0.2) is 5.56 Å². The molecule has 2 aromatic rings. The molecule has 0 fully saturated rings. The Morgan fingerprint density at radius 3 is 2.18 bits per heavy atom. The van der Waals surface area contributed by atoms with E-state index in [0.29, 0.717) is 6.54 Å². The number of carbonyl (C=O) groups excluding carboxylic acids is 1. The zero-order valence-electron chi connectivity index (χ0n) is 17.4. The van der Waals surface area contributed by atoms with E-state index in [4.69, 9.17) is 0 Å². The summed E-state index contributed by atoms with van der Waals surface area (Å²) < 4.78 is 2.06. The number of aromatic nitrogens is 2. The van der Waals surface area contributed by atoms with Gasteiger partial charge in [-0.15, -0.1) is 0 Å². The maximum atomic E-state index is 12.8. The van der Waals surface area contributed by atoms with Crippen LogP contribution < -0.4 is 16.6 Å². The summed E-state index contributed by atoms with van der Waals surface area (Å²) in [5.41, 5.74) is 0.0622. The molecule has 0 aliphatic heterocycles. The summed E-state index contributed by atoms with van der Waals surface area (Å²) in [6.07, 6.45) is 0.